The highest BCUT2D eigenvalue weighted by Crippen LogP contribution is 2.43. The van der Waals surface area contributed by atoms with Crippen molar-refractivity contribution in [3.05, 3.63) is 40.7 Å². The summed E-state index contributed by atoms with van der Waals surface area (Å²) in [4.78, 5) is 0.0897. The molecular weight excluding hydrogens is 436 g/mol. The summed E-state index contributed by atoms with van der Waals surface area (Å²) in [5, 5.41) is 18.3. The summed E-state index contributed by atoms with van der Waals surface area (Å²) in [5.74, 6) is 0.489. The number of unbranched alkanes of at least 4 members (excludes halogenated alkanes) is 1. The summed E-state index contributed by atoms with van der Waals surface area (Å²) in [5.41, 5.74) is 2.83. The third kappa shape index (κ3) is 4.92. The van der Waals surface area contributed by atoms with Gasteiger partial charge in [-0.25, -0.2) is 8.42 Å². The van der Waals surface area contributed by atoms with E-state index in [-0.39, 0.29) is 22.4 Å². The largest absolute Gasteiger partial charge is 0.391 e. The summed E-state index contributed by atoms with van der Waals surface area (Å²) in [6.07, 6.45) is 5.82. The third-order valence-corrected chi connectivity index (χ3v) is 8.66. The molecule has 2 N–H and O–H groups in total. The number of hydrogen-bond acceptors (Lipinski definition) is 5. The zero-order valence-corrected chi connectivity index (χ0v) is 19.7. The van der Waals surface area contributed by atoms with Crippen LogP contribution in [0.3, 0.4) is 0 Å². The number of aromatic nitrogens is 2. The van der Waals surface area contributed by atoms with Crippen LogP contribution in [0.15, 0.2) is 29.3 Å². The van der Waals surface area contributed by atoms with Crippen molar-refractivity contribution in [1.29, 1.82) is 0 Å². The van der Waals surface area contributed by atoms with Gasteiger partial charge in [0.15, 0.2) is 0 Å². The quantitative estimate of drug-likeness (QED) is 0.589. The molecule has 1 aromatic carbocycles. The van der Waals surface area contributed by atoms with Gasteiger partial charge in [-0.3, -0.25) is 4.68 Å². The molecule has 1 aliphatic carbocycles. The lowest BCUT2D eigenvalue weighted by Crippen LogP contribution is -2.30. The molecule has 1 aromatic heterocycles. The number of rotatable bonds is 9. The number of aliphatic hydroxyl groups is 1. The summed E-state index contributed by atoms with van der Waals surface area (Å²) >= 11 is 6.39. The van der Waals surface area contributed by atoms with Crippen molar-refractivity contribution in [3.63, 3.8) is 0 Å². The minimum Gasteiger partial charge on any atom is -0.391 e. The first kappa shape index (κ1) is 22.6. The summed E-state index contributed by atoms with van der Waals surface area (Å²) in [7, 11) is -3.74. The van der Waals surface area contributed by atoms with Crippen LogP contribution in [0.2, 0.25) is 5.02 Å². The molecule has 0 amide bonds. The maximum atomic E-state index is 13.1. The molecule has 2 fully saturated rings. The molecule has 170 valence electrons. The van der Waals surface area contributed by atoms with Crippen LogP contribution in [0.25, 0.3) is 0 Å². The van der Waals surface area contributed by atoms with Gasteiger partial charge >= 0.3 is 0 Å². The SMILES string of the molecule is CCCCn1cc(CNc2ccc(S(=O)(=O)N3C[C@@H](O)[C@H](C4CC4)C3)c(Cl)c2)c(C)n1. The van der Waals surface area contributed by atoms with Gasteiger partial charge in [-0.2, -0.15) is 9.40 Å². The van der Waals surface area contributed by atoms with Crippen LogP contribution in [0.5, 0.6) is 0 Å². The molecule has 2 heterocycles. The van der Waals surface area contributed by atoms with E-state index in [2.05, 4.69) is 17.3 Å². The Balaban J connectivity index is 1.43. The van der Waals surface area contributed by atoms with Gasteiger partial charge in [0.05, 0.1) is 16.8 Å². The second kappa shape index (κ2) is 9.10. The first-order valence-corrected chi connectivity index (χ1v) is 12.9. The average molecular weight is 467 g/mol. The first-order chi connectivity index (χ1) is 14.8. The molecule has 2 atom stereocenters. The van der Waals surface area contributed by atoms with E-state index in [0.29, 0.717) is 19.0 Å². The smallest absolute Gasteiger partial charge is 0.244 e. The van der Waals surface area contributed by atoms with Gasteiger partial charge < -0.3 is 10.4 Å². The van der Waals surface area contributed by atoms with Crippen molar-refractivity contribution in [1.82, 2.24) is 14.1 Å². The molecule has 0 radical (unpaired) electrons. The Morgan fingerprint density at radius 2 is 2.06 bits per heavy atom. The standard InChI is InChI=1S/C22H31ClN4O3S/c1-3-4-9-26-12-17(15(2)25-26)11-24-18-7-8-22(20(23)10-18)31(29,30)27-13-19(16-5-6-16)21(28)14-27/h7-8,10,12,16,19,21,24,28H,3-6,9,11,13-14H2,1-2H3/t19-,21+/m0/s1. The fraction of sp³-hybridized carbons (Fsp3) is 0.591. The Labute approximate surface area is 189 Å². The van der Waals surface area contributed by atoms with Crippen LogP contribution in [0.1, 0.15) is 43.9 Å². The predicted molar refractivity (Wildman–Crippen MR) is 122 cm³/mol. The molecule has 7 nitrogen and oxygen atoms in total. The highest BCUT2D eigenvalue weighted by molar-refractivity contribution is 7.89. The molecule has 31 heavy (non-hydrogen) atoms. The molecule has 2 aliphatic rings. The Kier molecular flexibility index (Phi) is 6.62. The van der Waals surface area contributed by atoms with E-state index in [0.717, 1.165) is 49.2 Å². The summed E-state index contributed by atoms with van der Waals surface area (Å²) in [6.45, 7) is 6.14. The van der Waals surface area contributed by atoms with Gasteiger partial charge in [0, 0.05) is 49.5 Å². The molecule has 0 bridgehead atoms. The van der Waals surface area contributed by atoms with E-state index >= 15 is 0 Å². The number of nitrogens with zero attached hydrogens (tertiary/aromatic N) is 3. The number of benzene rings is 1. The van der Waals surface area contributed by atoms with Crippen molar-refractivity contribution >= 4 is 27.3 Å². The van der Waals surface area contributed by atoms with Crippen molar-refractivity contribution < 1.29 is 13.5 Å². The zero-order chi connectivity index (χ0) is 22.2. The van der Waals surface area contributed by atoms with Crippen molar-refractivity contribution in [2.45, 2.75) is 63.6 Å². The molecule has 9 heteroatoms. The molecule has 0 unspecified atom stereocenters. The van der Waals surface area contributed by atoms with Crippen molar-refractivity contribution in [2.24, 2.45) is 11.8 Å². The number of aryl methyl sites for hydroxylation is 2. The summed E-state index contributed by atoms with van der Waals surface area (Å²) < 4.78 is 29.6. The second-order valence-electron chi connectivity index (χ2n) is 8.75. The molecule has 1 aliphatic heterocycles. The number of aliphatic hydroxyl groups excluding tert-OH is 1. The Bertz CT molecular complexity index is 1040. The van der Waals surface area contributed by atoms with Gasteiger partial charge in [0.25, 0.3) is 0 Å². The van der Waals surface area contributed by atoms with Crippen LogP contribution < -0.4 is 5.32 Å². The number of sulfonamides is 1. The minimum atomic E-state index is -3.74. The van der Waals surface area contributed by atoms with Gasteiger partial charge in [-0.1, -0.05) is 24.9 Å². The van der Waals surface area contributed by atoms with E-state index < -0.39 is 16.1 Å². The third-order valence-electron chi connectivity index (χ3n) is 6.35. The lowest BCUT2D eigenvalue weighted by atomic mass is 10.0. The molecule has 1 saturated carbocycles. The highest BCUT2D eigenvalue weighted by atomic mass is 35.5. The fourth-order valence-electron chi connectivity index (χ4n) is 4.28. The zero-order valence-electron chi connectivity index (χ0n) is 18.1. The van der Waals surface area contributed by atoms with Gasteiger partial charge in [0.1, 0.15) is 4.90 Å². The first-order valence-electron chi connectivity index (χ1n) is 11.0. The van der Waals surface area contributed by atoms with Crippen LogP contribution in [-0.4, -0.2) is 46.8 Å². The minimum absolute atomic E-state index is 0.0379. The average Bonchev–Trinajstić information content (AvgIpc) is 3.39. The fourth-order valence-corrected chi connectivity index (χ4v) is 6.30. The van der Waals surface area contributed by atoms with E-state index in [4.69, 9.17) is 11.6 Å². The molecule has 0 spiro atoms. The second-order valence-corrected chi connectivity index (χ2v) is 11.1. The normalized spacial score (nSPS) is 22.2. The van der Waals surface area contributed by atoms with Crippen LogP contribution in [0.4, 0.5) is 5.69 Å². The lowest BCUT2D eigenvalue weighted by Gasteiger charge is -2.18. The monoisotopic (exact) mass is 466 g/mol. The Morgan fingerprint density at radius 1 is 1.29 bits per heavy atom. The Morgan fingerprint density at radius 3 is 2.74 bits per heavy atom. The van der Waals surface area contributed by atoms with Gasteiger partial charge in [-0.15, -0.1) is 0 Å². The highest BCUT2D eigenvalue weighted by Gasteiger charge is 2.45. The van der Waals surface area contributed by atoms with E-state index in [1.54, 1.807) is 18.2 Å². The molecule has 1 saturated heterocycles. The maximum absolute atomic E-state index is 13.1. The van der Waals surface area contributed by atoms with Crippen LogP contribution >= 0.6 is 11.6 Å². The van der Waals surface area contributed by atoms with E-state index in [9.17, 15) is 13.5 Å². The van der Waals surface area contributed by atoms with Crippen molar-refractivity contribution in [2.75, 3.05) is 18.4 Å². The molecule has 4 rings (SSSR count). The number of halogens is 1. The predicted octanol–water partition coefficient (Wildman–Crippen LogP) is 3.65. The number of anilines is 1. The maximum Gasteiger partial charge on any atom is 0.244 e. The lowest BCUT2D eigenvalue weighted by molar-refractivity contribution is 0.135. The molecular formula is C22H31ClN4O3S. The molecule has 2 aromatic rings. The van der Waals surface area contributed by atoms with Crippen molar-refractivity contribution in [3.8, 4) is 0 Å². The van der Waals surface area contributed by atoms with Gasteiger partial charge in [-0.05, 0) is 50.3 Å². The van der Waals surface area contributed by atoms with Crippen LogP contribution in [0, 0.1) is 18.8 Å². The van der Waals surface area contributed by atoms with Crippen LogP contribution in [-0.2, 0) is 23.1 Å². The summed E-state index contributed by atoms with van der Waals surface area (Å²) in [6, 6.07) is 4.94. The van der Waals surface area contributed by atoms with E-state index in [1.165, 1.54) is 4.31 Å². The topological polar surface area (TPSA) is 87.5 Å². The Hall–Kier alpha value is -1.61. The number of β-amino-alcohol motifs (C(OH)–C–C–N with tert-alkyl or cyclic N) is 1. The number of nitrogens with one attached hydrogen (secondary N) is 1. The van der Waals surface area contributed by atoms with Gasteiger partial charge in [0.2, 0.25) is 10.0 Å². The van der Waals surface area contributed by atoms with E-state index in [1.807, 2.05) is 17.8 Å². The number of hydrogen-bond donors (Lipinski definition) is 2.